The summed E-state index contributed by atoms with van der Waals surface area (Å²) in [6, 6.07) is 39.0. The summed E-state index contributed by atoms with van der Waals surface area (Å²) < 4.78 is 60.2. The topological polar surface area (TPSA) is 80.3 Å². The summed E-state index contributed by atoms with van der Waals surface area (Å²) in [5.41, 5.74) is 4.01. The molecule has 42 heavy (non-hydrogen) atoms. The third-order valence-corrected chi connectivity index (χ3v) is 10.3. The maximum Gasteiger partial charge on any atom is 0.241 e. The van der Waals surface area contributed by atoms with Gasteiger partial charge in [0.25, 0.3) is 0 Å². The van der Waals surface area contributed by atoms with Gasteiger partial charge < -0.3 is 0 Å². The highest BCUT2D eigenvalue weighted by Gasteiger charge is 2.36. The Morgan fingerprint density at radius 2 is 0.929 bits per heavy atom. The van der Waals surface area contributed by atoms with Crippen LogP contribution in [-0.2, 0) is 19.9 Å². The Kier molecular flexibility index (Phi) is 8.54. The predicted octanol–water partition coefficient (Wildman–Crippen LogP) is 7.26. The molecule has 5 rings (SSSR count). The normalized spacial score (nSPS) is 12.4. The van der Waals surface area contributed by atoms with E-state index in [0.29, 0.717) is 22.3 Å². The van der Waals surface area contributed by atoms with Crippen molar-refractivity contribution in [2.45, 2.75) is 29.7 Å². The van der Waals surface area contributed by atoms with Gasteiger partial charge >= 0.3 is 0 Å². The number of sulfonamides is 1. The number of rotatable bonds is 9. The lowest BCUT2D eigenvalue weighted by atomic mass is 9.94. The SMILES string of the molecule is Cc1ccc(S(=O)(=O)NC(C(=C(c2ccccc2)c2ccccc2)S(=O)(=O)c2ccc(C)cc2)c2ccccc2)cc1. The number of nitrogens with one attached hydrogen (secondary N) is 1. The minimum atomic E-state index is -4.27. The highest BCUT2D eigenvalue weighted by Crippen LogP contribution is 2.40. The van der Waals surface area contributed by atoms with E-state index in [1.165, 1.54) is 12.1 Å². The van der Waals surface area contributed by atoms with Crippen molar-refractivity contribution in [1.29, 1.82) is 0 Å². The first-order chi connectivity index (χ1) is 20.2. The summed E-state index contributed by atoms with van der Waals surface area (Å²) in [4.78, 5) is 0.0515. The van der Waals surface area contributed by atoms with Gasteiger partial charge in [-0.05, 0) is 54.8 Å². The van der Waals surface area contributed by atoms with Gasteiger partial charge in [-0.15, -0.1) is 0 Å². The van der Waals surface area contributed by atoms with Crippen molar-refractivity contribution in [3.05, 3.63) is 172 Å². The van der Waals surface area contributed by atoms with Crippen molar-refractivity contribution in [1.82, 2.24) is 4.72 Å². The molecule has 0 spiro atoms. The number of benzene rings is 5. The molecule has 0 heterocycles. The highest BCUT2D eigenvalue weighted by atomic mass is 32.2. The van der Waals surface area contributed by atoms with Gasteiger partial charge in [0.15, 0.2) is 0 Å². The Morgan fingerprint density at radius 3 is 1.38 bits per heavy atom. The van der Waals surface area contributed by atoms with Gasteiger partial charge in [-0.25, -0.2) is 16.8 Å². The fourth-order valence-electron chi connectivity index (χ4n) is 4.80. The molecule has 0 fully saturated rings. The molecule has 0 saturated heterocycles. The van der Waals surface area contributed by atoms with Gasteiger partial charge in [0.05, 0.1) is 20.7 Å². The van der Waals surface area contributed by atoms with Gasteiger partial charge in [0, 0.05) is 5.57 Å². The van der Waals surface area contributed by atoms with Crippen LogP contribution < -0.4 is 4.72 Å². The Hall–Kier alpha value is -4.30. The molecule has 0 bridgehead atoms. The highest BCUT2D eigenvalue weighted by molar-refractivity contribution is 7.95. The molecule has 0 aliphatic heterocycles. The van der Waals surface area contributed by atoms with E-state index in [2.05, 4.69) is 4.72 Å². The van der Waals surface area contributed by atoms with Crippen LogP contribution in [-0.4, -0.2) is 16.8 Å². The first-order valence-corrected chi connectivity index (χ1v) is 16.4. The molecule has 0 amide bonds. The summed E-state index contributed by atoms with van der Waals surface area (Å²) in [6.45, 7) is 3.76. The monoisotopic (exact) mass is 593 g/mol. The van der Waals surface area contributed by atoms with Crippen LogP contribution in [0.25, 0.3) is 5.57 Å². The largest absolute Gasteiger partial charge is 0.241 e. The van der Waals surface area contributed by atoms with Crippen molar-refractivity contribution in [2.24, 2.45) is 0 Å². The van der Waals surface area contributed by atoms with E-state index in [4.69, 9.17) is 0 Å². The molecular formula is C35H31NO4S2. The molecule has 1 unspecified atom stereocenters. The lowest BCUT2D eigenvalue weighted by molar-refractivity contribution is 0.570. The quantitative estimate of drug-likeness (QED) is 0.195. The molecular weight excluding hydrogens is 563 g/mol. The maximum atomic E-state index is 14.8. The van der Waals surface area contributed by atoms with Crippen LogP contribution in [0.3, 0.4) is 0 Å². The first-order valence-electron chi connectivity index (χ1n) is 13.5. The van der Waals surface area contributed by atoms with Crippen LogP contribution in [0.1, 0.15) is 33.9 Å². The number of hydrogen-bond donors (Lipinski definition) is 1. The second kappa shape index (κ2) is 12.3. The smallest absolute Gasteiger partial charge is 0.219 e. The molecule has 7 heteroatoms. The second-order valence-electron chi connectivity index (χ2n) is 10.1. The molecule has 5 aromatic rings. The fourth-order valence-corrected chi connectivity index (χ4v) is 7.83. The van der Waals surface area contributed by atoms with Gasteiger partial charge in [0.1, 0.15) is 0 Å². The minimum Gasteiger partial charge on any atom is -0.219 e. The zero-order chi connectivity index (χ0) is 29.7. The summed E-state index contributed by atoms with van der Waals surface area (Å²) in [6.07, 6.45) is 0. The zero-order valence-electron chi connectivity index (χ0n) is 23.3. The number of sulfone groups is 1. The second-order valence-corrected chi connectivity index (χ2v) is 13.7. The summed E-state index contributed by atoms with van der Waals surface area (Å²) in [7, 11) is -8.43. The molecule has 5 nitrogen and oxygen atoms in total. The Morgan fingerprint density at radius 1 is 0.524 bits per heavy atom. The third-order valence-electron chi connectivity index (χ3n) is 6.99. The lowest BCUT2D eigenvalue weighted by Crippen LogP contribution is -2.33. The van der Waals surface area contributed by atoms with Crippen molar-refractivity contribution >= 4 is 25.4 Å². The third kappa shape index (κ3) is 6.29. The molecule has 212 valence electrons. The van der Waals surface area contributed by atoms with E-state index < -0.39 is 25.9 Å². The molecule has 0 aliphatic rings. The van der Waals surface area contributed by atoms with Crippen LogP contribution in [0.5, 0.6) is 0 Å². The molecule has 1 N–H and O–H groups in total. The molecule has 0 radical (unpaired) electrons. The summed E-state index contributed by atoms with van der Waals surface area (Å²) >= 11 is 0. The van der Waals surface area contributed by atoms with E-state index >= 15 is 0 Å². The van der Waals surface area contributed by atoms with Gasteiger partial charge in [-0.3, -0.25) is 0 Å². The van der Waals surface area contributed by atoms with Crippen molar-refractivity contribution < 1.29 is 16.8 Å². The summed E-state index contributed by atoms with van der Waals surface area (Å²) in [5, 5.41) is 0. The molecule has 0 aromatic heterocycles. The van der Waals surface area contributed by atoms with E-state index in [1.807, 2.05) is 80.6 Å². The lowest BCUT2D eigenvalue weighted by Gasteiger charge is -2.26. The van der Waals surface area contributed by atoms with E-state index in [9.17, 15) is 16.8 Å². The zero-order valence-corrected chi connectivity index (χ0v) is 24.9. The van der Waals surface area contributed by atoms with Gasteiger partial charge in [0.2, 0.25) is 19.9 Å². The van der Waals surface area contributed by atoms with Crippen molar-refractivity contribution in [3.63, 3.8) is 0 Å². The van der Waals surface area contributed by atoms with Crippen LogP contribution >= 0.6 is 0 Å². The van der Waals surface area contributed by atoms with Crippen LogP contribution in [0, 0.1) is 13.8 Å². The van der Waals surface area contributed by atoms with Gasteiger partial charge in [-0.1, -0.05) is 126 Å². The Labute approximate surface area is 248 Å². The molecule has 1 atom stereocenters. The van der Waals surface area contributed by atoms with Crippen LogP contribution in [0.2, 0.25) is 0 Å². The molecule has 0 aliphatic carbocycles. The summed E-state index contributed by atoms with van der Waals surface area (Å²) in [5.74, 6) is 0. The van der Waals surface area contributed by atoms with Crippen molar-refractivity contribution in [3.8, 4) is 0 Å². The van der Waals surface area contributed by atoms with Gasteiger partial charge in [-0.2, -0.15) is 4.72 Å². The van der Waals surface area contributed by atoms with E-state index in [1.54, 1.807) is 60.7 Å². The minimum absolute atomic E-state index is 0.0436. The average molecular weight is 594 g/mol. The van der Waals surface area contributed by atoms with E-state index in [0.717, 1.165) is 11.1 Å². The van der Waals surface area contributed by atoms with E-state index in [-0.39, 0.29) is 14.7 Å². The standard InChI is InChI=1S/C35H31NO4S2/c1-26-18-22-31(23-19-26)41(37,38)35(33(28-12-6-3-7-13-28)29-14-8-4-9-15-29)34(30-16-10-5-11-17-30)36-42(39,40)32-24-20-27(2)21-25-32/h3-25,34,36H,1-2H3. The Balaban J connectivity index is 1.88. The fraction of sp³-hybridized carbons (Fsp3) is 0.0857. The first kappa shape index (κ1) is 29.2. The molecule has 0 saturated carbocycles. The molecule has 5 aromatic carbocycles. The maximum absolute atomic E-state index is 14.8. The van der Waals surface area contributed by atoms with Crippen molar-refractivity contribution in [2.75, 3.05) is 0 Å². The number of aryl methyl sites for hydroxylation is 2. The van der Waals surface area contributed by atoms with Crippen LogP contribution in [0.4, 0.5) is 0 Å². The predicted molar refractivity (Wildman–Crippen MR) is 168 cm³/mol. The van der Waals surface area contributed by atoms with Crippen LogP contribution in [0.15, 0.2) is 154 Å². The number of hydrogen-bond acceptors (Lipinski definition) is 4. The Bertz CT molecular complexity index is 1860. The average Bonchev–Trinajstić information content (AvgIpc) is 3.00.